The number of benzene rings is 1. The van der Waals surface area contributed by atoms with Crippen LogP contribution < -0.4 is 5.73 Å². The molecule has 0 saturated carbocycles. The lowest BCUT2D eigenvalue weighted by Crippen LogP contribution is -2.42. The fourth-order valence-electron chi connectivity index (χ4n) is 3.05. The zero-order valence-electron chi connectivity index (χ0n) is 13.5. The Kier molecular flexibility index (Phi) is 4.61. The minimum absolute atomic E-state index is 0.0253. The Morgan fingerprint density at radius 1 is 1.33 bits per heavy atom. The second kappa shape index (κ2) is 6.84. The number of amides is 1. The SMILES string of the molecule is COCC(=O)N1CCC[C@H]1C(=O)c1cnn(-c2ccccc2)c1N. The normalized spacial score (nSPS) is 17.2. The standard InChI is InChI=1S/C17H20N4O3/c1-24-11-15(22)20-9-5-8-14(20)16(23)13-10-19-21(17(13)18)12-6-3-2-4-7-12/h2-4,6-7,10,14H,5,8-9,11,18H2,1H3/t14-/m0/s1. The van der Waals surface area contributed by atoms with Crippen LogP contribution in [-0.2, 0) is 9.53 Å². The molecule has 2 aromatic rings. The van der Waals surface area contributed by atoms with Crippen LogP contribution in [0, 0.1) is 0 Å². The van der Waals surface area contributed by atoms with E-state index < -0.39 is 6.04 Å². The number of para-hydroxylation sites is 1. The van der Waals surface area contributed by atoms with Gasteiger partial charge >= 0.3 is 0 Å². The van der Waals surface area contributed by atoms with Crippen LogP contribution in [0.15, 0.2) is 36.5 Å². The van der Waals surface area contributed by atoms with Crippen LogP contribution in [-0.4, -0.2) is 52.7 Å². The van der Waals surface area contributed by atoms with Crippen molar-refractivity contribution in [2.24, 2.45) is 0 Å². The highest BCUT2D eigenvalue weighted by molar-refractivity contribution is 6.05. The lowest BCUT2D eigenvalue weighted by Gasteiger charge is -2.23. The molecule has 1 aliphatic heterocycles. The fraction of sp³-hybridized carbons (Fsp3) is 0.353. The summed E-state index contributed by atoms with van der Waals surface area (Å²) >= 11 is 0. The number of ketones is 1. The van der Waals surface area contributed by atoms with Crippen molar-refractivity contribution in [3.63, 3.8) is 0 Å². The summed E-state index contributed by atoms with van der Waals surface area (Å²) in [4.78, 5) is 26.5. The molecule has 0 aliphatic carbocycles. The number of hydrogen-bond acceptors (Lipinski definition) is 5. The van der Waals surface area contributed by atoms with Crippen LogP contribution in [0.25, 0.3) is 5.69 Å². The van der Waals surface area contributed by atoms with Gasteiger partial charge in [0.2, 0.25) is 5.91 Å². The van der Waals surface area contributed by atoms with Crippen molar-refractivity contribution in [1.82, 2.24) is 14.7 Å². The van der Waals surface area contributed by atoms with Gasteiger partial charge in [0, 0.05) is 13.7 Å². The summed E-state index contributed by atoms with van der Waals surface area (Å²) in [6, 6.07) is 8.87. The molecule has 2 heterocycles. The molecule has 0 unspecified atom stereocenters. The van der Waals surface area contributed by atoms with E-state index in [1.54, 1.807) is 4.90 Å². The number of rotatable bonds is 5. The zero-order chi connectivity index (χ0) is 17.1. The second-order valence-corrected chi connectivity index (χ2v) is 5.73. The molecule has 7 heteroatoms. The molecule has 1 aromatic carbocycles. The van der Waals surface area contributed by atoms with E-state index in [0.717, 1.165) is 12.1 Å². The van der Waals surface area contributed by atoms with E-state index in [1.807, 2.05) is 30.3 Å². The first-order valence-corrected chi connectivity index (χ1v) is 7.85. The Morgan fingerprint density at radius 2 is 2.08 bits per heavy atom. The van der Waals surface area contributed by atoms with Gasteiger partial charge in [-0.3, -0.25) is 9.59 Å². The predicted octanol–water partition coefficient (Wildman–Crippen LogP) is 1.27. The van der Waals surface area contributed by atoms with Gasteiger partial charge in [0.05, 0.1) is 23.5 Å². The van der Waals surface area contributed by atoms with Gasteiger partial charge in [0.15, 0.2) is 5.78 Å². The van der Waals surface area contributed by atoms with E-state index in [4.69, 9.17) is 10.5 Å². The average molecular weight is 328 g/mol. The number of nitrogens with two attached hydrogens (primary N) is 1. The minimum atomic E-state index is -0.497. The number of Topliss-reactive ketones (excluding diaryl/α,β-unsaturated/α-hetero) is 1. The van der Waals surface area contributed by atoms with Crippen LogP contribution in [0.5, 0.6) is 0 Å². The Bertz CT molecular complexity index is 742. The van der Waals surface area contributed by atoms with Crippen molar-refractivity contribution >= 4 is 17.5 Å². The van der Waals surface area contributed by atoms with Gasteiger partial charge in [-0.15, -0.1) is 0 Å². The fourth-order valence-corrected chi connectivity index (χ4v) is 3.05. The summed E-state index contributed by atoms with van der Waals surface area (Å²) in [7, 11) is 1.46. The van der Waals surface area contributed by atoms with Gasteiger partial charge in [0.1, 0.15) is 12.4 Å². The molecule has 0 radical (unpaired) electrons. The number of aromatic nitrogens is 2. The van der Waals surface area contributed by atoms with Crippen molar-refractivity contribution in [2.75, 3.05) is 26.0 Å². The summed E-state index contributed by atoms with van der Waals surface area (Å²) in [6.45, 7) is 0.536. The van der Waals surface area contributed by atoms with E-state index in [9.17, 15) is 9.59 Å². The number of nitrogens with zero attached hydrogens (tertiary/aromatic N) is 3. The Balaban J connectivity index is 1.85. The molecular formula is C17H20N4O3. The van der Waals surface area contributed by atoms with Crippen molar-refractivity contribution in [3.05, 3.63) is 42.1 Å². The summed E-state index contributed by atoms with van der Waals surface area (Å²) in [5.74, 6) is -0.0590. The van der Waals surface area contributed by atoms with Crippen molar-refractivity contribution < 1.29 is 14.3 Å². The lowest BCUT2D eigenvalue weighted by molar-refractivity contribution is -0.135. The molecule has 126 valence electrons. The predicted molar refractivity (Wildman–Crippen MR) is 88.9 cm³/mol. The van der Waals surface area contributed by atoms with E-state index in [2.05, 4.69) is 5.10 Å². The first-order chi connectivity index (χ1) is 11.6. The Hall–Kier alpha value is -2.67. The quantitative estimate of drug-likeness (QED) is 0.835. The molecular weight excluding hydrogens is 308 g/mol. The van der Waals surface area contributed by atoms with Crippen LogP contribution in [0.1, 0.15) is 23.2 Å². The number of anilines is 1. The molecule has 24 heavy (non-hydrogen) atoms. The second-order valence-electron chi connectivity index (χ2n) is 5.73. The third kappa shape index (κ3) is 2.90. The highest BCUT2D eigenvalue weighted by atomic mass is 16.5. The molecule has 2 N–H and O–H groups in total. The first kappa shape index (κ1) is 16.2. The molecule has 1 aliphatic rings. The van der Waals surface area contributed by atoms with E-state index in [1.165, 1.54) is 18.0 Å². The number of carbonyl (C=O) groups excluding carboxylic acids is 2. The lowest BCUT2D eigenvalue weighted by atomic mass is 10.0. The molecule has 1 amide bonds. The largest absolute Gasteiger partial charge is 0.383 e. The highest BCUT2D eigenvalue weighted by Gasteiger charge is 2.35. The monoisotopic (exact) mass is 328 g/mol. The van der Waals surface area contributed by atoms with Gasteiger partial charge in [0.25, 0.3) is 0 Å². The van der Waals surface area contributed by atoms with Crippen LogP contribution >= 0.6 is 0 Å². The third-order valence-corrected chi connectivity index (χ3v) is 4.22. The van der Waals surface area contributed by atoms with Gasteiger partial charge in [-0.2, -0.15) is 5.10 Å². The molecule has 1 saturated heterocycles. The number of nitrogen functional groups attached to an aromatic ring is 1. The molecule has 1 fully saturated rings. The third-order valence-electron chi connectivity index (χ3n) is 4.22. The number of methoxy groups -OCH3 is 1. The van der Waals surface area contributed by atoms with Gasteiger partial charge in [-0.25, -0.2) is 4.68 Å². The number of hydrogen-bond donors (Lipinski definition) is 1. The van der Waals surface area contributed by atoms with Crippen LogP contribution in [0.3, 0.4) is 0 Å². The van der Waals surface area contributed by atoms with Crippen LogP contribution in [0.4, 0.5) is 5.82 Å². The zero-order valence-corrected chi connectivity index (χ0v) is 13.5. The minimum Gasteiger partial charge on any atom is -0.383 e. The van der Waals surface area contributed by atoms with Gasteiger partial charge in [-0.1, -0.05) is 18.2 Å². The van der Waals surface area contributed by atoms with Crippen LogP contribution in [0.2, 0.25) is 0 Å². The Morgan fingerprint density at radius 3 is 2.79 bits per heavy atom. The molecule has 7 nitrogen and oxygen atoms in total. The van der Waals surface area contributed by atoms with Gasteiger partial charge < -0.3 is 15.4 Å². The maximum Gasteiger partial charge on any atom is 0.249 e. The van der Waals surface area contributed by atoms with Crippen molar-refractivity contribution in [1.29, 1.82) is 0 Å². The maximum absolute atomic E-state index is 12.9. The number of ether oxygens (including phenoxy) is 1. The topological polar surface area (TPSA) is 90.5 Å². The molecule has 0 bridgehead atoms. The first-order valence-electron chi connectivity index (χ1n) is 7.85. The number of likely N-dealkylation sites (tertiary alicyclic amines) is 1. The van der Waals surface area contributed by atoms with Crippen molar-refractivity contribution in [3.8, 4) is 5.69 Å². The number of carbonyl (C=O) groups is 2. The Labute approximate surface area is 140 Å². The summed E-state index contributed by atoms with van der Waals surface area (Å²) in [5.41, 5.74) is 7.27. The molecule has 1 atom stereocenters. The summed E-state index contributed by atoms with van der Waals surface area (Å²) < 4.78 is 6.42. The molecule has 1 aromatic heterocycles. The summed E-state index contributed by atoms with van der Waals surface area (Å²) in [5, 5.41) is 4.23. The van der Waals surface area contributed by atoms with E-state index in [-0.39, 0.29) is 24.1 Å². The maximum atomic E-state index is 12.9. The van der Waals surface area contributed by atoms with Gasteiger partial charge in [-0.05, 0) is 25.0 Å². The smallest absolute Gasteiger partial charge is 0.249 e. The van der Waals surface area contributed by atoms with Crippen molar-refractivity contribution in [2.45, 2.75) is 18.9 Å². The van der Waals surface area contributed by atoms with E-state index >= 15 is 0 Å². The molecule has 0 spiro atoms. The highest BCUT2D eigenvalue weighted by Crippen LogP contribution is 2.25. The average Bonchev–Trinajstić information content (AvgIpc) is 3.22. The van der Waals surface area contributed by atoms with E-state index in [0.29, 0.717) is 18.5 Å². The molecule has 3 rings (SSSR count). The summed E-state index contributed by atoms with van der Waals surface area (Å²) in [6.07, 6.45) is 2.89.